The van der Waals surface area contributed by atoms with Gasteiger partial charge in [-0.05, 0) is 6.08 Å². The van der Waals surface area contributed by atoms with Crippen LogP contribution in [0.4, 0.5) is 0 Å². The first-order chi connectivity index (χ1) is 3.39. The Morgan fingerprint density at radius 2 is 2.57 bits per heavy atom. The van der Waals surface area contributed by atoms with Gasteiger partial charge in [0.1, 0.15) is 6.67 Å². The van der Waals surface area contributed by atoms with Crippen LogP contribution in [-0.2, 0) is 0 Å². The summed E-state index contributed by atoms with van der Waals surface area (Å²) in [6.45, 7) is 0.666. The zero-order valence-electron chi connectivity index (χ0n) is 3.78. The zero-order chi connectivity index (χ0) is 5.11. The van der Waals surface area contributed by atoms with Gasteiger partial charge >= 0.3 is 0 Å². The lowest BCUT2D eigenvalue weighted by molar-refractivity contribution is 0.645. The number of allylic oxidation sites excluding steroid dienone is 1. The zero-order valence-corrected chi connectivity index (χ0v) is 4.68. The summed E-state index contributed by atoms with van der Waals surface area (Å²) in [5.41, 5.74) is 0. The minimum absolute atomic E-state index is 0.666. The molecule has 0 fully saturated rings. The summed E-state index contributed by atoms with van der Waals surface area (Å²) in [5.74, 6) is 0. The highest BCUT2D eigenvalue weighted by Gasteiger charge is 1.88. The highest BCUT2D eigenvalue weighted by molar-refractivity contribution is 7.77. The van der Waals surface area contributed by atoms with Gasteiger partial charge in [0.25, 0.3) is 0 Å². The first-order valence-corrected chi connectivity index (χ1v) is 2.42. The molecule has 0 atom stereocenters. The Balaban J connectivity index is 2.49. The van der Waals surface area contributed by atoms with Crippen molar-refractivity contribution < 1.29 is 0 Å². The molecule has 0 amide bonds. The van der Waals surface area contributed by atoms with Gasteiger partial charge in [-0.3, -0.25) is 4.99 Å². The van der Waals surface area contributed by atoms with E-state index in [1.807, 2.05) is 12.3 Å². The number of aliphatic imine (C=N–C) groups is 1. The van der Waals surface area contributed by atoms with Crippen molar-refractivity contribution in [2.24, 2.45) is 4.99 Å². The number of thiol groups is 1. The molecule has 2 nitrogen and oxygen atoms in total. The Morgan fingerprint density at radius 3 is 2.86 bits per heavy atom. The standard InChI is InChI=1S/C4H6N2S/c7-6-3-1-2-5-4-6/h1-3,7H,4H2. The lowest BCUT2D eigenvalue weighted by Crippen LogP contribution is -2.05. The van der Waals surface area contributed by atoms with Crippen molar-refractivity contribution in [1.82, 2.24) is 4.31 Å². The highest BCUT2D eigenvalue weighted by Crippen LogP contribution is 1.96. The van der Waals surface area contributed by atoms with E-state index in [1.165, 1.54) is 0 Å². The van der Waals surface area contributed by atoms with Crippen LogP contribution in [0.15, 0.2) is 17.3 Å². The number of hydrogen-bond acceptors (Lipinski definition) is 3. The van der Waals surface area contributed by atoms with Crippen molar-refractivity contribution in [2.75, 3.05) is 6.67 Å². The molecule has 0 saturated carbocycles. The molecular weight excluding hydrogens is 108 g/mol. The number of rotatable bonds is 0. The molecule has 1 aliphatic rings. The summed E-state index contributed by atoms with van der Waals surface area (Å²) in [6, 6.07) is 0. The SMILES string of the molecule is SN1C=CC=NC1. The van der Waals surface area contributed by atoms with Crippen LogP contribution in [0.25, 0.3) is 0 Å². The molecule has 0 spiro atoms. The Hall–Kier alpha value is -0.440. The first-order valence-electron chi connectivity index (χ1n) is 2.02. The lowest BCUT2D eigenvalue weighted by Gasteiger charge is -2.09. The van der Waals surface area contributed by atoms with E-state index in [0.29, 0.717) is 6.67 Å². The van der Waals surface area contributed by atoms with Crippen molar-refractivity contribution in [3.63, 3.8) is 0 Å². The van der Waals surface area contributed by atoms with Gasteiger partial charge in [-0.2, -0.15) is 0 Å². The molecule has 0 bridgehead atoms. The van der Waals surface area contributed by atoms with Crippen molar-refractivity contribution >= 4 is 19.0 Å². The van der Waals surface area contributed by atoms with Crippen LogP contribution >= 0.6 is 12.8 Å². The van der Waals surface area contributed by atoms with Crippen molar-refractivity contribution in [2.45, 2.75) is 0 Å². The Morgan fingerprint density at radius 1 is 1.71 bits per heavy atom. The van der Waals surface area contributed by atoms with Gasteiger partial charge in [-0.25, -0.2) is 0 Å². The van der Waals surface area contributed by atoms with Gasteiger partial charge in [0, 0.05) is 12.4 Å². The van der Waals surface area contributed by atoms with Crippen LogP contribution in [0, 0.1) is 0 Å². The normalized spacial score (nSPS) is 18.1. The van der Waals surface area contributed by atoms with E-state index < -0.39 is 0 Å². The summed E-state index contributed by atoms with van der Waals surface area (Å²) in [4.78, 5) is 3.90. The minimum atomic E-state index is 0.666. The molecule has 7 heavy (non-hydrogen) atoms. The molecule has 0 saturated heterocycles. The third-order valence-corrected chi connectivity index (χ3v) is 0.936. The van der Waals surface area contributed by atoms with Gasteiger partial charge in [-0.1, -0.05) is 12.8 Å². The molecule has 0 aliphatic carbocycles. The Labute approximate surface area is 48.1 Å². The van der Waals surface area contributed by atoms with Crippen LogP contribution in [0.2, 0.25) is 0 Å². The van der Waals surface area contributed by atoms with Gasteiger partial charge in [0.2, 0.25) is 0 Å². The van der Waals surface area contributed by atoms with Gasteiger partial charge in [0.15, 0.2) is 0 Å². The lowest BCUT2D eigenvalue weighted by atomic mass is 10.6. The monoisotopic (exact) mass is 114 g/mol. The second-order valence-electron chi connectivity index (χ2n) is 1.25. The van der Waals surface area contributed by atoms with Crippen LogP contribution in [0.3, 0.4) is 0 Å². The van der Waals surface area contributed by atoms with E-state index >= 15 is 0 Å². The maximum Gasteiger partial charge on any atom is 0.119 e. The summed E-state index contributed by atoms with van der Waals surface area (Å²) < 4.78 is 1.71. The third kappa shape index (κ3) is 1.23. The smallest absolute Gasteiger partial charge is 0.119 e. The summed E-state index contributed by atoms with van der Waals surface area (Å²) in [6.07, 6.45) is 5.46. The summed E-state index contributed by atoms with van der Waals surface area (Å²) in [7, 11) is 0. The predicted molar refractivity (Wildman–Crippen MR) is 33.3 cm³/mol. The van der Waals surface area contributed by atoms with E-state index in [1.54, 1.807) is 10.5 Å². The van der Waals surface area contributed by atoms with Crippen molar-refractivity contribution in [1.29, 1.82) is 0 Å². The molecule has 0 N–H and O–H groups in total. The highest BCUT2D eigenvalue weighted by atomic mass is 32.1. The van der Waals surface area contributed by atoms with Crippen molar-refractivity contribution in [3.8, 4) is 0 Å². The maximum atomic E-state index is 3.99. The molecular formula is C4H6N2S. The van der Waals surface area contributed by atoms with Crippen molar-refractivity contribution in [3.05, 3.63) is 12.3 Å². The summed E-state index contributed by atoms with van der Waals surface area (Å²) >= 11 is 3.99. The fourth-order valence-corrected chi connectivity index (χ4v) is 0.527. The van der Waals surface area contributed by atoms with Crippen LogP contribution < -0.4 is 0 Å². The average molecular weight is 114 g/mol. The molecule has 3 heteroatoms. The fraction of sp³-hybridized carbons (Fsp3) is 0.250. The molecule has 0 radical (unpaired) electrons. The first kappa shape index (κ1) is 4.71. The Bertz CT molecular complexity index is 108. The molecule has 1 rings (SSSR count). The molecule has 0 aromatic heterocycles. The predicted octanol–water partition coefficient (Wildman–Crippen LogP) is 0.689. The second-order valence-corrected chi connectivity index (χ2v) is 1.77. The van der Waals surface area contributed by atoms with Gasteiger partial charge in [0.05, 0.1) is 0 Å². The molecule has 0 aromatic rings. The van der Waals surface area contributed by atoms with E-state index in [2.05, 4.69) is 17.8 Å². The molecule has 38 valence electrons. The van der Waals surface area contributed by atoms with Crippen LogP contribution in [-0.4, -0.2) is 17.2 Å². The van der Waals surface area contributed by atoms with Crippen LogP contribution in [0.5, 0.6) is 0 Å². The molecule has 0 unspecified atom stereocenters. The molecule has 1 heterocycles. The topological polar surface area (TPSA) is 15.6 Å². The van der Waals surface area contributed by atoms with Crippen LogP contribution in [0.1, 0.15) is 0 Å². The number of nitrogens with zero attached hydrogens (tertiary/aromatic N) is 2. The minimum Gasteiger partial charge on any atom is -0.305 e. The van der Waals surface area contributed by atoms with Gasteiger partial charge in [-0.15, -0.1) is 0 Å². The summed E-state index contributed by atoms with van der Waals surface area (Å²) in [5, 5.41) is 0. The van der Waals surface area contributed by atoms with E-state index in [-0.39, 0.29) is 0 Å². The quantitative estimate of drug-likeness (QED) is 0.458. The second kappa shape index (κ2) is 2.02. The molecule has 0 aromatic carbocycles. The van der Waals surface area contributed by atoms with E-state index in [9.17, 15) is 0 Å². The maximum absolute atomic E-state index is 3.99. The number of hydrogen-bond donors (Lipinski definition) is 1. The average Bonchev–Trinajstić information content (AvgIpc) is 1.69. The Kier molecular flexibility index (Phi) is 1.36. The molecule has 1 aliphatic heterocycles. The van der Waals surface area contributed by atoms with Gasteiger partial charge < -0.3 is 4.31 Å². The van der Waals surface area contributed by atoms with E-state index in [0.717, 1.165) is 0 Å². The third-order valence-electron chi connectivity index (χ3n) is 0.676. The largest absolute Gasteiger partial charge is 0.305 e. The fourth-order valence-electron chi connectivity index (χ4n) is 0.377. The van der Waals surface area contributed by atoms with E-state index in [4.69, 9.17) is 0 Å².